The Labute approximate surface area is 243 Å². The molecule has 3 rings (SSSR count). The molecule has 8 nitrogen and oxygen atoms in total. The Morgan fingerprint density at radius 1 is 1.15 bits per heavy atom. The molecule has 1 aromatic heterocycles. The van der Waals surface area contributed by atoms with E-state index in [1.54, 1.807) is 24.3 Å². The second kappa shape index (κ2) is 12.8. The van der Waals surface area contributed by atoms with Gasteiger partial charge in [0.25, 0.3) is 5.91 Å². The quantitative estimate of drug-likeness (QED) is 0.219. The zero-order valence-electron chi connectivity index (χ0n) is 23.1. The summed E-state index contributed by atoms with van der Waals surface area (Å²) in [4.78, 5) is 28.8. The summed E-state index contributed by atoms with van der Waals surface area (Å²) in [7, 11) is -3.04. The summed E-state index contributed by atoms with van der Waals surface area (Å²) in [5.41, 5.74) is -0.183. The lowest BCUT2D eigenvalue weighted by atomic mass is 9.65. The lowest BCUT2D eigenvalue weighted by Crippen LogP contribution is -2.51. The number of thiocarbonyl (C=S) groups is 1. The Kier molecular flexibility index (Phi) is 10.2. The van der Waals surface area contributed by atoms with Gasteiger partial charge in [-0.1, -0.05) is 37.2 Å². The first-order chi connectivity index (χ1) is 19.0. The minimum atomic E-state index is -4.62. The molecule has 1 unspecified atom stereocenters. The van der Waals surface area contributed by atoms with Crippen LogP contribution in [0.15, 0.2) is 30.3 Å². The maximum absolute atomic E-state index is 13.0. The van der Waals surface area contributed by atoms with Crippen LogP contribution in [0.5, 0.6) is 0 Å². The lowest BCUT2D eigenvalue weighted by Gasteiger charge is -2.43. The van der Waals surface area contributed by atoms with Crippen molar-refractivity contribution in [3.63, 3.8) is 0 Å². The second-order valence-electron chi connectivity index (χ2n) is 10.7. The number of nitrogens with zero attached hydrogens (tertiary/aromatic N) is 1. The van der Waals surface area contributed by atoms with Crippen molar-refractivity contribution in [1.29, 1.82) is 0 Å². The largest absolute Gasteiger partial charge is 0.480 e. The number of carbonyl (C=O) groups excluding carboxylic acids is 1. The summed E-state index contributed by atoms with van der Waals surface area (Å²) in [6, 6.07) is 6.33. The van der Waals surface area contributed by atoms with Gasteiger partial charge in [-0.25, -0.2) is 18.2 Å². The molecule has 1 amide bonds. The van der Waals surface area contributed by atoms with Gasteiger partial charge < -0.3 is 15.7 Å². The number of aliphatic carboxylic acids is 1. The summed E-state index contributed by atoms with van der Waals surface area (Å²) in [5, 5.41) is 15.5. The van der Waals surface area contributed by atoms with Crippen molar-refractivity contribution in [3.05, 3.63) is 58.4 Å². The molecule has 0 aliphatic heterocycles. The van der Waals surface area contributed by atoms with E-state index in [0.717, 1.165) is 25.3 Å². The van der Waals surface area contributed by atoms with E-state index in [4.69, 9.17) is 12.2 Å². The Morgan fingerprint density at radius 2 is 1.78 bits per heavy atom. The van der Waals surface area contributed by atoms with Crippen LogP contribution < -0.4 is 10.6 Å². The SMILES string of the molecule is Cc1cc(C(F)(F)F)nc(C)c1C(=O)Nc1ccc(CC(NC(=S)C2(CCCCS(C)(=O)=O)CCC2)C(=O)O)cc1. The fourth-order valence-electron chi connectivity index (χ4n) is 5.01. The third kappa shape index (κ3) is 8.71. The first-order valence-corrected chi connectivity index (χ1v) is 15.6. The number of anilines is 1. The summed E-state index contributed by atoms with van der Waals surface area (Å²) in [5.74, 6) is -1.57. The van der Waals surface area contributed by atoms with E-state index in [1.165, 1.54) is 20.1 Å². The number of halogens is 3. The zero-order valence-corrected chi connectivity index (χ0v) is 24.7. The molecule has 1 saturated carbocycles. The number of unbranched alkanes of at least 4 members (excludes halogenated alkanes) is 1. The van der Waals surface area contributed by atoms with E-state index in [1.807, 2.05) is 0 Å². The Morgan fingerprint density at radius 3 is 2.27 bits per heavy atom. The van der Waals surface area contributed by atoms with Crippen LogP contribution in [0.2, 0.25) is 0 Å². The van der Waals surface area contributed by atoms with Gasteiger partial charge in [-0.05, 0) is 68.9 Å². The smallest absolute Gasteiger partial charge is 0.433 e. The van der Waals surface area contributed by atoms with E-state index in [9.17, 15) is 36.3 Å². The maximum atomic E-state index is 13.0. The van der Waals surface area contributed by atoms with Crippen molar-refractivity contribution >= 4 is 44.6 Å². The fourth-order valence-corrected chi connectivity index (χ4v) is 6.18. The molecule has 3 N–H and O–H groups in total. The van der Waals surface area contributed by atoms with Crippen LogP contribution in [0.1, 0.15) is 71.4 Å². The number of alkyl halides is 3. The number of benzene rings is 1. The molecule has 0 saturated heterocycles. The predicted molar refractivity (Wildman–Crippen MR) is 154 cm³/mol. The Balaban J connectivity index is 1.63. The molecule has 1 aliphatic rings. The molecule has 0 spiro atoms. The number of carbonyl (C=O) groups is 2. The molecule has 0 bridgehead atoms. The highest BCUT2D eigenvalue weighted by Gasteiger charge is 2.41. The minimum absolute atomic E-state index is 0.0441. The van der Waals surface area contributed by atoms with Gasteiger partial charge in [-0.15, -0.1) is 0 Å². The topological polar surface area (TPSA) is 125 Å². The van der Waals surface area contributed by atoms with Gasteiger partial charge in [-0.2, -0.15) is 13.2 Å². The van der Waals surface area contributed by atoms with E-state index in [2.05, 4.69) is 15.6 Å². The molecule has 2 aromatic rings. The number of rotatable bonds is 12. The molecule has 0 radical (unpaired) electrons. The number of carboxylic acids is 1. The van der Waals surface area contributed by atoms with Crippen LogP contribution in [0.3, 0.4) is 0 Å². The molecular formula is C28H34F3N3O5S2. The van der Waals surface area contributed by atoms with Gasteiger partial charge in [0.2, 0.25) is 0 Å². The summed E-state index contributed by atoms with van der Waals surface area (Å²) in [6.45, 7) is 2.75. The third-order valence-electron chi connectivity index (χ3n) is 7.38. The van der Waals surface area contributed by atoms with E-state index in [0.29, 0.717) is 35.5 Å². The minimum Gasteiger partial charge on any atom is -0.480 e. The van der Waals surface area contributed by atoms with E-state index < -0.39 is 39.6 Å². The number of amides is 1. The second-order valence-corrected chi connectivity index (χ2v) is 13.4. The van der Waals surface area contributed by atoms with Gasteiger partial charge in [-0.3, -0.25) is 4.79 Å². The molecular weight excluding hydrogens is 579 g/mol. The van der Waals surface area contributed by atoms with Gasteiger partial charge in [0, 0.05) is 29.5 Å². The zero-order chi connectivity index (χ0) is 30.6. The van der Waals surface area contributed by atoms with Crippen molar-refractivity contribution in [2.75, 3.05) is 17.3 Å². The highest BCUT2D eigenvalue weighted by Crippen LogP contribution is 2.46. The van der Waals surface area contributed by atoms with Crippen LogP contribution in [-0.4, -0.2) is 53.4 Å². The number of hydrogen-bond donors (Lipinski definition) is 3. The number of nitrogens with one attached hydrogen (secondary N) is 2. The van der Waals surface area contributed by atoms with Crippen LogP contribution in [0.25, 0.3) is 0 Å². The molecule has 1 atom stereocenters. The Bertz CT molecular complexity index is 1380. The van der Waals surface area contributed by atoms with Gasteiger partial charge in [0.15, 0.2) is 0 Å². The third-order valence-corrected chi connectivity index (χ3v) is 8.96. The van der Waals surface area contributed by atoms with Crippen molar-refractivity contribution in [2.45, 2.75) is 71.0 Å². The summed E-state index contributed by atoms with van der Waals surface area (Å²) >= 11 is 5.63. The van der Waals surface area contributed by atoms with Crippen LogP contribution >= 0.6 is 12.2 Å². The monoisotopic (exact) mass is 613 g/mol. The number of aryl methyl sites for hydroxylation is 2. The van der Waals surface area contributed by atoms with Crippen molar-refractivity contribution in [2.24, 2.45) is 5.41 Å². The summed E-state index contributed by atoms with van der Waals surface area (Å²) < 4.78 is 61.9. The average Bonchev–Trinajstić information content (AvgIpc) is 2.82. The van der Waals surface area contributed by atoms with Gasteiger partial charge >= 0.3 is 12.1 Å². The normalized spacial score (nSPS) is 15.5. The predicted octanol–water partition coefficient (Wildman–Crippen LogP) is 5.27. The number of pyridine rings is 1. The number of hydrogen-bond acceptors (Lipinski definition) is 6. The molecule has 224 valence electrons. The van der Waals surface area contributed by atoms with Crippen molar-refractivity contribution in [3.8, 4) is 0 Å². The van der Waals surface area contributed by atoms with Crippen molar-refractivity contribution < 1.29 is 36.3 Å². The molecule has 13 heteroatoms. The van der Waals surface area contributed by atoms with Gasteiger partial charge in [0.1, 0.15) is 21.6 Å². The molecule has 41 heavy (non-hydrogen) atoms. The fraction of sp³-hybridized carbons (Fsp3) is 0.500. The van der Waals surface area contributed by atoms with Crippen LogP contribution in [0, 0.1) is 19.3 Å². The van der Waals surface area contributed by atoms with Gasteiger partial charge in [0.05, 0.1) is 16.2 Å². The highest BCUT2D eigenvalue weighted by atomic mass is 32.2. The number of carboxylic acid groups (broad SMARTS) is 1. The van der Waals surface area contributed by atoms with Crippen LogP contribution in [-0.2, 0) is 27.2 Å². The maximum Gasteiger partial charge on any atom is 0.433 e. The lowest BCUT2D eigenvalue weighted by molar-refractivity contribution is -0.141. The molecule has 1 aromatic carbocycles. The average molecular weight is 614 g/mol. The van der Waals surface area contributed by atoms with Crippen molar-refractivity contribution in [1.82, 2.24) is 10.3 Å². The Hall–Kier alpha value is -3.06. The molecule has 1 aliphatic carbocycles. The van der Waals surface area contributed by atoms with E-state index >= 15 is 0 Å². The van der Waals surface area contributed by atoms with E-state index in [-0.39, 0.29) is 34.4 Å². The highest BCUT2D eigenvalue weighted by molar-refractivity contribution is 7.90. The first-order valence-electron chi connectivity index (χ1n) is 13.2. The molecule has 1 heterocycles. The standard InChI is InChI=1S/C28H34F3N3O5S2/c1-17-15-22(28(29,30)31)32-18(2)23(17)24(35)33-20-9-7-19(8-10-20)16-21(25(36)37)34-26(40)27(12-6-13-27)11-4-5-14-41(3,38)39/h7-10,15,21H,4-6,11-14,16H2,1-3H3,(H,33,35)(H,34,40)(H,36,37). The molecule has 1 fully saturated rings. The van der Waals surface area contributed by atoms with Crippen LogP contribution in [0.4, 0.5) is 18.9 Å². The number of sulfone groups is 1. The first kappa shape index (κ1) is 32.5. The summed E-state index contributed by atoms with van der Waals surface area (Å²) in [6.07, 6.45) is 1.24. The number of aromatic nitrogens is 1.